The summed E-state index contributed by atoms with van der Waals surface area (Å²) in [6, 6.07) is 6.87. The van der Waals surface area contributed by atoms with Crippen LogP contribution >= 0.6 is 0 Å². The van der Waals surface area contributed by atoms with E-state index in [9.17, 15) is 13.2 Å². The quantitative estimate of drug-likeness (QED) is 0.896. The number of nitrogen functional groups attached to an aromatic ring is 1. The minimum Gasteiger partial charge on any atom is -0.384 e. The van der Waals surface area contributed by atoms with Crippen LogP contribution in [-0.4, -0.2) is 9.78 Å². The van der Waals surface area contributed by atoms with Crippen LogP contribution in [0.1, 0.15) is 16.8 Å². The molecule has 96 valence electrons. The highest BCUT2D eigenvalue weighted by atomic mass is 19.4. The van der Waals surface area contributed by atoms with Crippen LogP contribution in [0.4, 0.5) is 19.0 Å². The molecule has 3 nitrogen and oxygen atoms in total. The Labute approximate surface area is 102 Å². The molecule has 0 aliphatic rings. The number of benzene rings is 1. The standard InChI is InChI=1S/C12H12F3N3/c1-18-11(16)7-10(17-18)6-8-3-2-4-9(5-8)12(13,14)15/h2-5,7H,6,16H2,1H3. The second-order valence-electron chi connectivity index (χ2n) is 4.06. The molecule has 0 spiro atoms. The molecule has 2 rings (SSSR count). The SMILES string of the molecule is Cn1nc(Cc2cccc(C(F)(F)F)c2)cc1N. The number of rotatable bonds is 2. The summed E-state index contributed by atoms with van der Waals surface area (Å²) in [4.78, 5) is 0. The number of nitrogens with zero attached hydrogens (tertiary/aromatic N) is 2. The van der Waals surface area contributed by atoms with Crippen LogP contribution in [0.3, 0.4) is 0 Å². The molecule has 0 unspecified atom stereocenters. The van der Waals surface area contributed by atoms with Crippen molar-refractivity contribution in [2.45, 2.75) is 12.6 Å². The van der Waals surface area contributed by atoms with Crippen LogP contribution in [0, 0.1) is 0 Å². The maximum Gasteiger partial charge on any atom is 0.416 e. The highest BCUT2D eigenvalue weighted by Gasteiger charge is 2.30. The van der Waals surface area contributed by atoms with Crippen molar-refractivity contribution >= 4 is 5.82 Å². The van der Waals surface area contributed by atoms with Gasteiger partial charge < -0.3 is 5.73 Å². The Morgan fingerprint density at radius 1 is 1.28 bits per heavy atom. The molecule has 1 heterocycles. The lowest BCUT2D eigenvalue weighted by Gasteiger charge is -2.07. The maximum absolute atomic E-state index is 12.5. The lowest BCUT2D eigenvalue weighted by molar-refractivity contribution is -0.137. The summed E-state index contributed by atoms with van der Waals surface area (Å²) in [6.07, 6.45) is -3.99. The van der Waals surface area contributed by atoms with E-state index in [2.05, 4.69) is 5.10 Å². The third kappa shape index (κ3) is 2.64. The second-order valence-corrected chi connectivity index (χ2v) is 4.06. The van der Waals surface area contributed by atoms with Gasteiger partial charge in [-0.3, -0.25) is 4.68 Å². The molecule has 0 aliphatic carbocycles. The summed E-state index contributed by atoms with van der Waals surface area (Å²) in [6.45, 7) is 0. The van der Waals surface area contributed by atoms with E-state index in [1.165, 1.54) is 10.7 Å². The van der Waals surface area contributed by atoms with Crippen molar-refractivity contribution in [3.63, 3.8) is 0 Å². The number of anilines is 1. The van der Waals surface area contributed by atoms with E-state index in [1.54, 1.807) is 19.2 Å². The predicted molar refractivity (Wildman–Crippen MR) is 61.9 cm³/mol. The molecule has 1 aromatic carbocycles. The lowest BCUT2D eigenvalue weighted by atomic mass is 10.1. The van der Waals surface area contributed by atoms with Crippen molar-refractivity contribution < 1.29 is 13.2 Å². The third-order valence-electron chi connectivity index (χ3n) is 2.61. The zero-order valence-corrected chi connectivity index (χ0v) is 9.70. The van der Waals surface area contributed by atoms with Gasteiger partial charge in [0.05, 0.1) is 11.3 Å². The van der Waals surface area contributed by atoms with Crippen molar-refractivity contribution in [1.82, 2.24) is 9.78 Å². The fourth-order valence-electron chi connectivity index (χ4n) is 1.70. The van der Waals surface area contributed by atoms with Crippen LogP contribution in [0.5, 0.6) is 0 Å². The van der Waals surface area contributed by atoms with Gasteiger partial charge in [0.25, 0.3) is 0 Å². The topological polar surface area (TPSA) is 43.8 Å². The van der Waals surface area contributed by atoms with Gasteiger partial charge >= 0.3 is 6.18 Å². The molecule has 1 aromatic heterocycles. The summed E-state index contributed by atoms with van der Waals surface area (Å²) in [5.41, 5.74) is 6.17. The molecule has 2 aromatic rings. The van der Waals surface area contributed by atoms with Gasteiger partial charge in [-0.2, -0.15) is 18.3 Å². The largest absolute Gasteiger partial charge is 0.416 e. The van der Waals surface area contributed by atoms with E-state index in [4.69, 9.17) is 5.73 Å². The van der Waals surface area contributed by atoms with Crippen LogP contribution in [0.2, 0.25) is 0 Å². The van der Waals surface area contributed by atoms with Crippen LogP contribution in [-0.2, 0) is 19.6 Å². The number of halogens is 3. The van der Waals surface area contributed by atoms with Crippen molar-refractivity contribution in [1.29, 1.82) is 0 Å². The minimum absolute atomic E-state index is 0.328. The molecular weight excluding hydrogens is 243 g/mol. The van der Waals surface area contributed by atoms with Gasteiger partial charge in [0.1, 0.15) is 5.82 Å². The average Bonchev–Trinajstić information content (AvgIpc) is 2.57. The zero-order chi connectivity index (χ0) is 13.3. The van der Waals surface area contributed by atoms with Gasteiger partial charge in [-0.15, -0.1) is 0 Å². The Hall–Kier alpha value is -1.98. The Bertz CT molecular complexity index is 538. The summed E-state index contributed by atoms with van der Waals surface area (Å²) in [5, 5.41) is 4.11. The van der Waals surface area contributed by atoms with E-state index in [1.807, 2.05) is 0 Å². The summed E-state index contributed by atoms with van der Waals surface area (Å²) < 4.78 is 39.1. The Balaban J connectivity index is 2.24. The highest BCUT2D eigenvalue weighted by molar-refractivity contribution is 5.34. The van der Waals surface area contributed by atoms with Crippen molar-refractivity contribution in [2.24, 2.45) is 7.05 Å². The number of aromatic nitrogens is 2. The van der Waals surface area contributed by atoms with Gasteiger partial charge in [-0.1, -0.05) is 18.2 Å². The summed E-state index contributed by atoms with van der Waals surface area (Å²) in [7, 11) is 1.69. The Morgan fingerprint density at radius 2 is 2.00 bits per heavy atom. The molecule has 0 amide bonds. The maximum atomic E-state index is 12.5. The molecular formula is C12H12F3N3. The summed E-state index contributed by atoms with van der Waals surface area (Å²) >= 11 is 0. The van der Waals surface area contributed by atoms with Crippen LogP contribution in [0.25, 0.3) is 0 Å². The highest BCUT2D eigenvalue weighted by Crippen LogP contribution is 2.29. The smallest absolute Gasteiger partial charge is 0.384 e. The van der Waals surface area contributed by atoms with Crippen LogP contribution in [0.15, 0.2) is 30.3 Å². The fourth-order valence-corrected chi connectivity index (χ4v) is 1.70. The number of nitrogens with two attached hydrogens (primary N) is 1. The van der Waals surface area contributed by atoms with Crippen molar-refractivity contribution in [3.05, 3.63) is 47.2 Å². The number of alkyl halides is 3. The predicted octanol–water partition coefficient (Wildman–Crippen LogP) is 2.61. The molecule has 0 radical (unpaired) electrons. The molecule has 6 heteroatoms. The molecule has 0 atom stereocenters. The normalized spacial score (nSPS) is 11.8. The van der Waals surface area contributed by atoms with Gasteiger partial charge in [-0.25, -0.2) is 0 Å². The lowest BCUT2D eigenvalue weighted by Crippen LogP contribution is -2.05. The monoisotopic (exact) mass is 255 g/mol. The number of hydrogen-bond acceptors (Lipinski definition) is 2. The average molecular weight is 255 g/mol. The molecule has 0 aliphatic heterocycles. The van der Waals surface area contributed by atoms with Crippen LogP contribution < -0.4 is 5.73 Å². The molecule has 0 saturated carbocycles. The fraction of sp³-hybridized carbons (Fsp3) is 0.250. The Morgan fingerprint density at radius 3 is 2.56 bits per heavy atom. The van der Waals surface area contributed by atoms with E-state index in [0.29, 0.717) is 23.5 Å². The van der Waals surface area contributed by atoms with Crippen molar-refractivity contribution in [2.75, 3.05) is 5.73 Å². The van der Waals surface area contributed by atoms with Gasteiger partial charge in [-0.05, 0) is 11.6 Å². The number of hydrogen-bond donors (Lipinski definition) is 1. The number of aryl methyl sites for hydroxylation is 1. The first-order chi connectivity index (χ1) is 8.36. The minimum atomic E-state index is -4.32. The van der Waals surface area contributed by atoms with E-state index >= 15 is 0 Å². The molecule has 0 bridgehead atoms. The first-order valence-electron chi connectivity index (χ1n) is 5.31. The second kappa shape index (κ2) is 4.36. The Kier molecular flexibility index (Phi) is 3.02. The van der Waals surface area contributed by atoms with Crippen molar-refractivity contribution in [3.8, 4) is 0 Å². The first-order valence-corrected chi connectivity index (χ1v) is 5.31. The molecule has 0 saturated heterocycles. The van der Waals surface area contributed by atoms with Gasteiger partial charge in [0.2, 0.25) is 0 Å². The molecule has 2 N–H and O–H groups in total. The van der Waals surface area contributed by atoms with E-state index < -0.39 is 11.7 Å². The van der Waals surface area contributed by atoms with E-state index in [0.717, 1.165) is 12.1 Å². The zero-order valence-electron chi connectivity index (χ0n) is 9.70. The first kappa shape index (κ1) is 12.5. The summed E-state index contributed by atoms with van der Waals surface area (Å²) in [5.74, 6) is 0.483. The molecule has 18 heavy (non-hydrogen) atoms. The van der Waals surface area contributed by atoms with Gasteiger partial charge in [0, 0.05) is 19.5 Å². The van der Waals surface area contributed by atoms with Gasteiger partial charge in [0.15, 0.2) is 0 Å². The molecule has 0 fully saturated rings. The van der Waals surface area contributed by atoms with E-state index in [-0.39, 0.29) is 0 Å². The third-order valence-corrected chi connectivity index (χ3v) is 2.61.